The molecule has 0 amide bonds. The third-order valence-electron chi connectivity index (χ3n) is 2.71. The van der Waals surface area contributed by atoms with E-state index in [9.17, 15) is 8.78 Å². The summed E-state index contributed by atoms with van der Waals surface area (Å²) in [5, 5.41) is 0. The molecule has 1 atom stereocenters. The van der Waals surface area contributed by atoms with E-state index < -0.39 is 5.82 Å². The Bertz CT molecular complexity index is 332. The molecule has 0 spiro atoms. The standard InChI is InChI=1S/C11H12F2.C2H6/c1-7-2-3-10-8(4-7)5-9(12)6-11(10)13;1-2/h5-7H,2-4H2,1H3;1-2H3. The van der Waals surface area contributed by atoms with Gasteiger partial charge in [-0.3, -0.25) is 0 Å². The highest BCUT2D eigenvalue weighted by molar-refractivity contribution is 5.31. The second kappa shape index (κ2) is 5.24. The predicted molar refractivity (Wildman–Crippen MR) is 58.9 cm³/mol. The summed E-state index contributed by atoms with van der Waals surface area (Å²) < 4.78 is 26.1. The topological polar surface area (TPSA) is 0 Å². The minimum absolute atomic E-state index is 0.373. The molecule has 0 bridgehead atoms. The van der Waals surface area contributed by atoms with Crippen LogP contribution in [0.2, 0.25) is 0 Å². The maximum Gasteiger partial charge on any atom is 0.129 e. The molecule has 0 N–H and O–H groups in total. The predicted octanol–water partition coefficient (Wildman–Crippen LogP) is 4.12. The highest BCUT2D eigenvalue weighted by atomic mass is 19.1. The van der Waals surface area contributed by atoms with Crippen LogP contribution in [0.4, 0.5) is 8.78 Å². The summed E-state index contributed by atoms with van der Waals surface area (Å²) in [6.45, 7) is 6.12. The van der Waals surface area contributed by atoms with Gasteiger partial charge in [-0.1, -0.05) is 20.8 Å². The van der Waals surface area contributed by atoms with Gasteiger partial charge in [0, 0.05) is 6.07 Å². The minimum atomic E-state index is -0.453. The fraction of sp³-hybridized carbons (Fsp3) is 0.538. The number of rotatable bonds is 0. The average molecular weight is 212 g/mol. The molecule has 1 aromatic rings. The highest BCUT2D eigenvalue weighted by Gasteiger charge is 2.18. The van der Waals surface area contributed by atoms with Gasteiger partial charge in [0.1, 0.15) is 11.6 Å². The van der Waals surface area contributed by atoms with E-state index in [0.717, 1.165) is 36.5 Å². The third-order valence-corrected chi connectivity index (χ3v) is 2.71. The van der Waals surface area contributed by atoms with Gasteiger partial charge >= 0.3 is 0 Å². The van der Waals surface area contributed by atoms with E-state index in [2.05, 4.69) is 6.92 Å². The zero-order chi connectivity index (χ0) is 11.4. The largest absolute Gasteiger partial charge is 0.207 e. The van der Waals surface area contributed by atoms with Gasteiger partial charge in [-0.05, 0) is 42.4 Å². The molecule has 84 valence electrons. The van der Waals surface area contributed by atoms with Crippen molar-refractivity contribution in [1.82, 2.24) is 0 Å². The number of benzene rings is 1. The Balaban J connectivity index is 0.000000531. The van der Waals surface area contributed by atoms with Crippen LogP contribution in [0.3, 0.4) is 0 Å². The minimum Gasteiger partial charge on any atom is -0.207 e. The SMILES string of the molecule is CC.CC1CCc2c(F)cc(F)cc2C1. The summed E-state index contributed by atoms with van der Waals surface area (Å²) in [7, 11) is 0. The fourth-order valence-corrected chi connectivity index (χ4v) is 1.99. The van der Waals surface area contributed by atoms with Crippen molar-refractivity contribution < 1.29 is 8.78 Å². The molecule has 0 nitrogen and oxygen atoms in total. The van der Waals surface area contributed by atoms with Gasteiger partial charge in [-0.2, -0.15) is 0 Å². The molecule has 0 fully saturated rings. The molecule has 1 unspecified atom stereocenters. The molecule has 15 heavy (non-hydrogen) atoms. The number of hydrogen-bond acceptors (Lipinski definition) is 0. The summed E-state index contributed by atoms with van der Waals surface area (Å²) >= 11 is 0. The molecule has 1 aliphatic rings. The van der Waals surface area contributed by atoms with E-state index in [1.165, 1.54) is 6.07 Å². The molecule has 1 aliphatic carbocycles. The molecule has 0 aliphatic heterocycles. The Morgan fingerprint density at radius 3 is 2.53 bits per heavy atom. The maximum absolute atomic E-state index is 13.2. The van der Waals surface area contributed by atoms with E-state index >= 15 is 0 Å². The van der Waals surface area contributed by atoms with Crippen molar-refractivity contribution in [2.24, 2.45) is 5.92 Å². The summed E-state index contributed by atoms with van der Waals surface area (Å²) in [4.78, 5) is 0. The lowest BCUT2D eigenvalue weighted by Crippen LogP contribution is -2.13. The summed E-state index contributed by atoms with van der Waals surface area (Å²) in [6, 6.07) is 2.45. The Labute approximate surface area is 90.3 Å². The molecule has 2 heteroatoms. The van der Waals surface area contributed by atoms with Crippen LogP contribution in [0.1, 0.15) is 38.3 Å². The summed E-state index contributed by atoms with van der Waals surface area (Å²) in [5.41, 5.74) is 1.58. The second-order valence-corrected chi connectivity index (χ2v) is 3.87. The van der Waals surface area contributed by atoms with E-state index in [1.807, 2.05) is 13.8 Å². The molecule has 0 saturated carbocycles. The first-order valence-corrected chi connectivity index (χ1v) is 5.63. The summed E-state index contributed by atoms with van der Waals surface area (Å²) in [5.74, 6) is -0.277. The zero-order valence-electron chi connectivity index (χ0n) is 9.61. The van der Waals surface area contributed by atoms with Crippen molar-refractivity contribution >= 4 is 0 Å². The normalized spacial score (nSPS) is 18.9. The number of halogens is 2. The van der Waals surface area contributed by atoms with E-state index in [-0.39, 0.29) is 5.82 Å². The Hall–Kier alpha value is -0.920. The Kier molecular flexibility index (Phi) is 4.25. The monoisotopic (exact) mass is 212 g/mol. The van der Waals surface area contributed by atoms with Crippen molar-refractivity contribution in [2.45, 2.75) is 40.0 Å². The molecule has 0 radical (unpaired) electrons. The molecular weight excluding hydrogens is 194 g/mol. The van der Waals surface area contributed by atoms with Gasteiger partial charge in [0.25, 0.3) is 0 Å². The van der Waals surface area contributed by atoms with E-state index in [1.54, 1.807) is 0 Å². The lowest BCUT2D eigenvalue weighted by atomic mass is 9.85. The fourth-order valence-electron chi connectivity index (χ4n) is 1.99. The van der Waals surface area contributed by atoms with Crippen molar-refractivity contribution in [1.29, 1.82) is 0 Å². The van der Waals surface area contributed by atoms with Crippen LogP contribution in [-0.4, -0.2) is 0 Å². The van der Waals surface area contributed by atoms with Gasteiger partial charge in [0.05, 0.1) is 0 Å². The quantitative estimate of drug-likeness (QED) is 0.607. The molecule has 2 rings (SSSR count). The second-order valence-electron chi connectivity index (χ2n) is 3.87. The van der Waals surface area contributed by atoms with Crippen molar-refractivity contribution in [3.8, 4) is 0 Å². The Morgan fingerprint density at radius 1 is 1.20 bits per heavy atom. The van der Waals surface area contributed by atoms with E-state index in [0.29, 0.717) is 5.92 Å². The first-order valence-electron chi connectivity index (χ1n) is 5.63. The first kappa shape index (κ1) is 12.2. The van der Waals surface area contributed by atoms with Crippen LogP contribution in [0.15, 0.2) is 12.1 Å². The maximum atomic E-state index is 13.2. The van der Waals surface area contributed by atoms with Gasteiger partial charge in [0.2, 0.25) is 0 Å². The van der Waals surface area contributed by atoms with Crippen molar-refractivity contribution in [3.05, 3.63) is 34.9 Å². The molecule has 0 saturated heterocycles. The van der Waals surface area contributed by atoms with Crippen molar-refractivity contribution in [2.75, 3.05) is 0 Å². The lowest BCUT2D eigenvalue weighted by molar-refractivity contribution is 0.474. The average Bonchev–Trinajstić information content (AvgIpc) is 2.19. The third kappa shape index (κ3) is 2.77. The van der Waals surface area contributed by atoms with Crippen molar-refractivity contribution in [3.63, 3.8) is 0 Å². The van der Waals surface area contributed by atoms with Crippen LogP contribution >= 0.6 is 0 Å². The first-order chi connectivity index (χ1) is 7.16. The van der Waals surface area contributed by atoms with Gasteiger partial charge in [-0.15, -0.1) is 0 Å². The molecule has 0 heterocycles. The highest BCUT2D eigenvalue weighted by Crippen LogP contribution is 2.27. The number of fused-ring (bicyclic) bond motifs is 1. The smallest absolute Gasteiger partial charge is 0.129 e. The molecular formula is C13H18F2. The Morgan fingerprint density at radius 2 is 1.87 bits per heavy atom. The lowest BCUT2D eigenvalue weighted by Gasteiger charge is -2.21. The van der Waals surface area contributed by atoms with Crippen LogP contribution < -0.4 is 0 Å². The zero-order valence-corrected chi connectivity index (χ0v) is 9.61. The molecule has 0 aromatic heterocycles. The van der Waals surface area contributed by atoms with E-state index in [4.69, 9.17) is 0 Å². The van der Waals surface area contributed by atoms with Crippen LogP contribution in [0.25, 0.3) is 0 Å². The summed E-state index contributed by atoms with van der Waals surface area (Å²) in [6.07, 6.45) is 2.57. The van der Waals surface area contributed by atoms with Gasteiger partial charge in [-0.25, -0.2) is 8.78 Å². The number of hydrogen-bond donors (Lipinski definition) is 0. The van der Waals surface area contributed by atoms with Gasteiger partial charge < -0.3 is 0 Å². The molecule has 1 aromatic carbocycles. The van der Waals surface area contributed by atoms with Crippen LogP contribution in [0.5, 0.6) is 0 Å². The van der Waals surface area contributed by atoms with Crippen LogP contribution in [0, 0.1) is 17.6 Å². The van der Waals surface area contributed by atoms with Crippen LogP contribution in [-0.2, 0) is 12.8 Å². The van der Waals surface area contributed by atoms with Gasteiger partial charge in [0.15, 0.2) is 0 Å².